The lowest BCUT2D eigenvalue weighted by molar-refractivity contribution is -0.140. The maximum atomic E-state index is 13.7. The predicted molar refractivity (Wildman–Crippen MR) is 134 cm³/mol. The van der Waals surface area contributed by atoms with Crippen LogP contribution in [0.4, 0.5) is 13.2 Å². The minimum atomic E-state index is -4.92. The highest BCUT2D eigenvalue weighted by Crippen LogP contribution is 2.44. The fraction of sp³-hybridized carbons (Fsp3) is 0.346. The van der Waals surface area contributed by atoms with E-state index in [2.05, 4.69) is 4.98 Å². The summed E-state index contributed by atoms with van der Waals surface area (Å²) < 4.78 is 48.3. The molecule has 0 aliphatic heterocycles. The number of hydrogen-bond donors (Lipinski definition) is 1. The zero-order valence-electron chi connectivity index (χ0n) is 21.1. The topological polar surface area (TPSA) is 84.7 Å². The van der Waals surface area contributed by atoms with Crippen LogP contribution in [0.3, 0.4) is 0 Å². The number of nitrogens with zero attached hydrogens (tertiary/aromatic N) is 3. The summed E-state index contributed by atoms with van der Waals surface area (Å²) >= 11 is 0. The standard InChI is InChI=1S/C26H28F3N3O4.ClH/c1-15(2)23(33)19-8-9-21(22(24(19)34)26(27,28)29)36-13-17-6-7-18(16(3)10-17)11-32(5)25(35)20-12-31(4)14-30-20;/h6-10,12,14-15,34H,11,13H2,1-5H3;1H. The minimum absolute atomic E-state index is 0. The highest BCUT2D eigenvalue weighted by atomic mass is 35.5. The van der Waals surface area contributed by atoms with E-state index in [0.717, 1.165) is 23.3 Å². The van der Waals surface area contributed by atoms with Gasteiger partial charge in [-0.2, -0.15) is 13.2 Å². The van der Waals surface area contributed by atoms with Crippen LogP contribution < -0.4 is 4.74 Å². The molecule has 0 aliphatic rings. The maximum Gasteiger partial charge on any atom is 0.423 e. The number of benzene rings is 2. The molecular formula is C26H29ClF3N3O4. The molecule has 37 heavy (non-hydrogen) atoms. The fourth-order valence-corrected chi connectivity index (χ4v) is 3.71. The lowest BCUT2D eigenvalue weighted by atomic mass is 9.97. The highest BCUT2D eigenvalue weighted by molar-refractivity contribution is 6.00. The van der Waals surface area contributed by atoms with Gasteiger partial charge in [-0.15, -0.1) is 12.4 Å². The van der Waals surface area contributed by atoms with E-state index in [1.165, 1.54) is 18.7 Å². The molecule has 0 atom stereocenters. The Bertz CT molecular complexity index is 1290. The number of amides is 1. The number of phenols is 1. The number of imidazole rings is 1. The molecule has 0 unspecified atom stereocenters. The normalized spacial score (nSPS) is 11.3. The molecule has 1 heterocycles. The fourth-order valence-electron chi connectivity index (χ4n) is 3.71. The highest BCUT2D eigenvalue weighted by Gasteiger charge is 2.40. The van der Waals surface area contributed by atoms with Crippen molar-refractivity contribution in [3.8, 4) is 11.5 Å². The van der Waals surface area contributed by atoms with Gasteiger partial charge in [-0.1, -0.05) is 32.0 Å². The Hall–Kier alpha value is -3.53. The molecule has 1 amide bonds. The second-order valence-corrected chi connectivity index (χ2v) is 8.99. The number of phenolic OH excluding ortho intramolecular Hbond substituents is 1. The zero-order chi connectivity index (χ0) is 26.8. The van der Waals surface area contributed by atoms with Gasteiger partial charge in [0.2, 0.25) is 0 Å². The third-order valence-corrected chi connectivity index (χ3v) is 5.69. The largest absolute Gasteiger partial charge is 0.506 e. The summed E-state index contributed by atoms with van der Waals surface area (Å²) in [5.41, 5.74) is 0.841. The lowest BCUT2D eigenvalue weighted by Crippen LogP contribution is -2.26. The van der Waals surface area contributed by atoms with Gasteiger partial charge >= 0.3 is 6.18 Å². The van der Waals surface area contributed by atoms with Gasteiger partial charge < -0.3 is 19.3 Å². The van der Waals surface area contributed by atoms with E-state index in [4.69, 9.17) is 4.74 Å². The minimum Gasteiger partial charge on any atom is -0.506 e. The molecule has 0 radical (unpaired) electrons. The molecule has 2 aromatic carbocycles. The van der Waals surface area contributed by atoms with E-state index in [1.807, 2.05) is 6.92 Å². The van der Waals surface area contributed by atoms with Crippen LogP contribution in [0.15, 0.2) is 42.9 Å². The molecule has 3 rings (SSSR count). The molecule has 0 saturated carbocycles. The van der Waals surface area contributed by atoms with E-state index in [-0.39, 0.29) is 24.9 Å². The lowest BCUT2D eigenvalue weighted by Gasteiger charge is -2.19. The van der Waals surface area contributed by atoms with Crippen LogP contribution in [-0.2, 0) is 26.4 Å². The molecule has 0 spiro atoms. The van der Waals surface area contributed by atoms with Gasteiger partial charge in [-0.05, 0) is 35.7 Å². The summed E-state index contributed by atoms with van der Waals surface area (Å²) in [4.78, 5) is 30.3. The van der Waals surface area contributed by atoms with Crippen molar-refractivity contribution >= 4 is 24.1 Å². The molecule has 3 aromatic rings. The van der Waals surface area contributed by atoms with E-state index >= 15 is 0 Å². The number of rotatable bonds is 8. The quantitative estimate of drug-likeness (QED) is 0.379. The van der Waals surface area contributed by atoms with Gasteiger partial charge in [0.1, 0.15) is 29.4 Å². The molecule has 0 fully saturated rings. The van der Waals surface area contributed by atoms with Gasteiger partial charge in [-0.25, -0.2) is 4.98 Å². The first-order valence-corrected chi connectivity index (χ1v) is 11.2. The molecule has 1 N–H and O–H groups in total. The number of ether oxygens (including phenoxy) is 1. The number of ketones is 1. The van der Waals surface area contributed by atoms with Crippen molar-refractivity contribution in [2.75, 3.05) is 7.05 Å². The number of aryl methyl sites for hydroxylation is 2. The first kappa shape index (κ1) is 29.7. The predicted octanol–water partition coefficient (Wildman–Crippen LogP) is 5.56. The van der Waals surface area contributed by atoms with Crippen LogP contribution in [0, 0.1) is 12.8 Å². The van der Waals surface area contributed by atoms with Crippen LogP contribution in [0.5, 0.6) is 11.5 Å². The average molecular weight is 540 g/mol. The Labute approximate surface area is 219 Å². The number of Topliss-reactive ketones (excluding diaryl/α,β-unsaturated/α-hetero) is 1. The van der Waals surface area contributed by atoms with E-state index < -0.39 is 40.5 Å². The van der Waals surface area contributed by atoms with Crippen molar-refractivity contribution in [2.24, 2.45) is 13.0 Å². The zero-order valence-corrected chi connectivity index (χ0v) is 21.9. The van der Waals surface area contributed by atoms with Crippen molar-refractivity contribution in [1.82, 2.24) is 14.5 Å². The van der Waals surface area contributed by atoms with Crippen molar-refractivity contribution in [3.63, 3.8) is 0 Å². The molecule has 0 saturated heterocycles. The van der Waals surface area contributed by atoms with Crippen LogP contribution in [0.25, 0.3) is 0 Å². The van der Waals surface area contributed by atoms with Crippen LogP contribution in [0.2, 0.25) is 0 Å². The van der Waals surface area contributed by atoms with Gasteiger partial charge in [0.05, 0.1) is 11.9 Å². The molecular weight excluding hydrogens is 511 g/mol. The van der Waals surface area contributed by atoms with Crippen molar-refractivity contribution in [3.05, 3.63) is 76.4 Å². The van der Waals surface area contributed by atoms with Crippen LogP contribution in [-0.4, -0.2) is 38.3 Å². The van der Waals surface area contributed by atoms with Crippen LogP contribution >= 0.6 is 12.4 Å². The Morgan fingerprint density at radius 2 is 1.86 bits per heavy atom. The third-order valence-electron chi connectivity index (χ3n) is 5.69. The maximum absolute atomic E-state index is 13.7. The number of aromatic hydroxyl groups is 1. The number of halogens is 4. The molecule has 11 heteroatoms. The molecule has 200 valence electrons. The summed E-state index contributed by atoms with van der Waals surface area (Å²) in [6.07, 6.45) is -1.75. The van der Waals surface area contributed by atoms with Gasteiger partial charge in [-0.3, -0.25) is 9.59 Å². The third kappa shape index (κ3) is 6.82. The second kappa shape index (κ2) is 11.7. The Morgan fingerprint density at radius 3 is 2.41 bits per heavy atom. The van der Waals surface area contributed by atoms with Gasteiger partial charge in [0.15, 0.2) is 5.78 Å². The Morgan fingerprint density at radius 1 is 1.19 bits per heavy atom. The summed E-state index contributed by atoms with van der Waals surface area (Å²) in [5.74, 6) is -3.11. The van der Waals surface area contributed by atoms with Crippen molar-refractivity contribution < 1.29 is 32.6 Å². The summed E-state index contributed by atoms with van der Waals surface area (Å²) in [5, 5.41) is 10.3. The van der Waals surface area contributed by atoms with E-state index in [0.29, 0.717) is 17.8 Å². The summed E-state index contributed by atoms with van der Waals surface area (Å²) in [6, 6.07) is 7.44. The molecule has 7 nitrogen and oxygen atoms in total. The van der Waals surface area contributed by atoms with E-state index in [1.54, 1.807) is 49.4 Å². The number of carbonyl (C=O) groups is 2. The Balaban J connectivity index is 0.00000481. The molecule has 0 aliphatic carbocycles. The summed E-state index contributed by atoms with van der Waals surface area (Å²) in [6.45, 7) is 5.04. The molecule has 0 bridgehead atoms. The number of aromatic nitrogens is 2. The molecule has 1 aromatic heterocycles. The van der Waals surface area contributed by atoms with Gasteiger partial charge in [0, 0.05) is 32.8 Å². The number of carbonyl (C=O) groups excluding carboxylic acids is 2. The van der Waals surface area contributed by atoms with Crippen LogP contribution in [0.1, 0.15) is 56.9 Å². The SMILES string of the molecule is Cc1cc(COc2ccc(C(=O)C(C)C)c(O)c2C(F)(F)F)ccc1CN(C)C(=O)c1cn(C)cn1.Cl. The average Bonchev–Trinajstić information content (AvgIpc) is 3.23. The summed E-state index contributed by atoms with van der Waals surface area (Å²) in [7, 11) is 3.43. The first-order valence-electron chi connectivity index (χ1n) is 11.2. The smallest absolute Gasteiger partial charge is 0.423 e. The first-order chi connectivity index (χ1) is 16.8. The Kier molecular flexibility index (Phi) is 9.38. The number of hydrogen-bond acceptors (Lipinski definition) is 5. The van der Waals surface area contributed by atoms with Crippen molar-refractivity contribution in [1.29, 1.82) is 0 Å². The monoisotopic (exact) mass is 539 g/mol. The number of alkyl halides is 3. The van der Waals surface area contributed by atoms with Gasteiger partial charge in [0.25, 0.3) is 5.91 Å². The van der Waals surface area contributed by atoms with E-state index in [9.17, 15) is 27.9 Å². The second-order valence-electron chi connectivity index (χ2n) is 8.99. The van der Waals surface area contributed by atoms with Crippen molar-refractivity contribution in [2.45, 2.75) is 40.1 Å².